The van der Waals surface area contributed by atoms with Crippen molar-refractivity contribution in [2.24, 2.45) is 0 Å². The number of rotatable bonds is 2. The van der Waals surface area contributed by atoms with Gasteiger partial charge < -0.3 is 15.2 Å². The van der Waals surface area contributed by atoms with E-state index in [4.69, 9.17) is 5.11 Å². The van der Waals surface area contributed by atoms with Gasteiger partial charge in [0.15, 0.2) is 0 Å². The normalized spacial score (nSPS) is 8.38. The molecule has 2 N–H and O–H groups in total. The van der Waals surface area contributed by atoms with Crippen LogP contribution < -0.4 is 5.32 Å². The van der Waals surface area contributed by atoms with Crippen molar-refractivity contribution < 1.29 is 19.4 Å². The number of hydrogen-bond acceptors (Lipinski definition) is 3. The summed E-state index contributed by atoms with van der Waals surface area (Å²) in [5.74, 6) is -0.879. The molecule has 0 aromatic heterocycles. The maximum atomic E-state index is 10.2. The highest BCUT2D eigenvalue weighted by atomic mass is 16.5. The van der Waals surface area contributed by atoms with Crippen molar-refractivity contribution >= 4 is 12.1 Å². The van der Waals surface area contributed by atoms with Crippen molar-refractivity contribution in [1.29, 1.82) is 0 Å². The molecular formula is C11H15NO4. The zero-order valence-corrected chi connectivity index (χ0v) is 9.27. The van der Waals surface area contributed by atoms with E-state index in [9.17, 15) is 9.59 Å². The number of nitrogens with one attached hydrogen (secondary N) is 1. The molecule has 1 aromatic rings. The number of benzene rings is 1. The second kappa shape index (κ2) is 8.28. The zero-order chi connectivity index (χ0) is 12.4. The Morgan fingerprint density at radius 3 is 2.12 bits per heavy atom. The highest BCUT2D eigenvalue weighted by molar-refractivity contribution is 5.87. The van der Waals surface area contributed by atoms with Crippen LogP contribution >= 0.6 is 0 Å². The Morgan fingerprint density at radius 1 is 1.31 bits per heavy atom. The first-order chi connectivity index (χ1) is 7.61. The van der Waals surface area contributed by atoms with Crippen LogP contribution in [-0.2, 0) is 4.74 Å². The summed E-state index contributed by atoms with van der Waals surface area (Å²) in [5.41, 5.74) is 0.331. The molecule has 0 aliphatic heterocycles. The SMILES string of the molecule is CCOC(=O)NC.O=C(O)c1ccccc1. The molecule has 0 radical (unpaired) electrons. The van der Waals surface area contributed by atoms with Crippen LogP contribution in [0.4, 0.5) is 4.79 Å². The summed E-state index contributed by atoms with van der Waals surface area (Å²) in [4.78, 5) is 20.3. The molecule has 1 aromatic carbocycles. The quantitative estimate of drug-likeness (QED) is 0.803. The molecule has 0 fully saturated rings. The third kappa shape index (κ3) is 6.42. The van der Waals surface area contributed by atoms with E-state index in [1.807, 2.05) is 0 Å². The van der Waals surface area contributed by atoms with E-state index < -0.39 is 5.97 Å². The average molecular weight is 225 g/mol. The van der Waals surface area contributed by atoms with Gasteiger partial charge in [-0.05, 0) is 19.1 Å². The van der Waals surface area contributed by atoms with Gasteiger partial charge in [0.05, 0.1) is 12.2 Å². The van der Waals surface area contributed by atoms with Gasteiger partial charge >= 0.3 is 12.1 Å². The maximum absolute atomic E-state index is 10.2. The topological polar surface area (TPSA) is 75.6 Å². The molecule has 0 heterocycles. The largest absolute Gasteiger partial charge is 0.478 e. The minimum absolute atomic E-state index is 0.331. The Morgan fingerprint density at radius 2 is 1.88 bits per heavy atom. The maximum Gasteiger partial charge on any atom is 0.406 e. The number of alkyl carbamates (subject to hydrolysis) is 1. The number of hydrogen-bond donors (Lipinski definition) is 2. The average Bonchev–Trinajstić information content (AvgIpc) is 2.31. The molecule has 0 spiro atoms. The molecule has 1 rings (SSSR count). The van der Waals surface area contributed by atoms with Crippen molar-refractivity contribution in [3.8, 4) is 0 Å². The van der Waals surface area contributed by atoms with E-state index in [0.717, 1.165) is 0 Å². The molecule has 1 amide bonds. The molecule has 0 aliphatic carbocycles. The van der Waals surface area contributed by atoms with Crippen molar-refractivity contribution in [3.05, 3.63) is 35.9 Å². The molecule has 16 heavy (non-hydrogen) atoms. The summed E-state index contributed by atoms with van der Waals surface area (Å²) in [7, 11) is 1.53. The van der Waals surface area contributed by atoms with Gasteiger partial charge in [0, 0.05) is 7.05 Å². The Balaban J connectivity index is 0.000000293. The van der Waals surface area contributed by atoms with Crippen LogP contribution in [0.1, 0.15) is 17.3 Å². The van der Waals surface area contributed by atoms with Crippen LogP contribution in [-0.4, -0.2) is 30.8 Å². The third-order valence-electron chi connectivity index (χ3n) is 1.50. The van der Waals surface area contributed by atoms with E-state index in [1.54, 1.807) is 37.3 Å². The molecule has 0 bridgehead atoms. The number of aromatic carboxylic acids is 1. The number of ether oxygens (including phenoxy) is 1. The number of carbonyl (C=O) groups is 2. The van der Waals surface area contributed by atoms with Crippen molar-refractivity contribution in [3.63, 3.8) is 0 Å². The van der Waals surface area contributed by atoms with Crippen LogP contribution in [0.15, 0.2) is 30.3 Å². The first-order valence-corrected chi connectivity index (χ1v) is 4.74. The van der Waals surface area contributed by atoms with Crippen LogP contribution in [0.5, 0.6) is 0 Å². The number of carbonyl (C=O) groups excluding carboxylic acids is 1. The van der Waals surface area contributed by atoms with Crippen LogP contribution in [0, 0.1) is 0 Å². The number of carboxylic acid groups (broad SMARTS) is 1. The fraction of sp³-hybridized carbons (Fsp3) is 0.273. The Hall–Kier alpha value is -2.04. The summed E-state index contributed by atoms with van der Waals surface area (Å²) in [6.45, 7) is 2.19. The molecule has 5 heteroatoms. The highest BCUT2D eigenvalue weighted by Crippen LogP contribution is 1.96. The van der Waals surface area contributed by atoms with Crippen LogP contribution in [0.3, 0.4) is 0 Å². The van der Waals surface area contributed by atoms with Crippen molar-refractivity contribution in [2.45, 2.75) is 6.92 Å². The fourth-order valence-corrected chi connectivity index (χ4v) is 0.784. The predicted molar refractivity (Wildman–Crippen MR) is 59.5 cm³/mol. The standard InChI is InChI=1S/C7H6O2.C4H9NO2/c8-7(9)6-4-2-1-3-5-6;1-3-7-4(6)5-2/h1-5H,(H,8,9);3H2,1-2H3,(H,5,6). The van der Waals surface area contributed by atoms with E-state index in [0.29, 0.717) is 12.2 Å². The summed E-state index contributed by atoms with van der Waals surface area (Å²) in [5, 5.41) is 10.7. The van der Waals surface area contributed by atoms with Crippen LogP contribution in [0.2, 0.25) is 0 Å². The summed E-state index contributed by atoms with van der Waals surface area (Å²) in [6.07, 6.45) is -0.373. The van der Waals surface area contributed by atoms with E-state index in [2.05, 4.69) is 10.1 Å². The summed E-state index contributed by atoms with van der Waals surface area (Å²) < 4.78 is 4.44. The van der Waals surface area contributed by atoms with Crippen LogP contribution in [0.25, 0.3) is 0 Å². The molecular weight excluding hydrogens is 210 g/mol. The lowest BCUT2D eigenvalue weighted by molar-refractivity contribution is 0.0697. The monoisotopic (exact) mass is 225 g/mol. The van der Waals surface area contributed by atoms with Gasteiger partial charge in [-0.3, -0.25) is 0 Å². The second-order valence-corrected chi connectivity index (χ2v) is 2.64. The lowest BCUT2D eigenvalue weighted by atomic mass is 10.2. The summed E-state index contributed by atoms with van der Waals surface area (Å²) in [6, 6.07) is 8.30. The van der Waals surface area contributed by atoms with Gasteiger partial charge in [-0.15, -0.1) is 0 Å². The Kier molecular flexibility index (Phi) is 7.23. The molecule has 88 valence electrons. The number of carboxylic acids is 1. The van der Waals surface area contributed by atoms with Gasteiger partial charge in [0.25, 0.3) is 0 Å². The minimum atomic E-state index is -0.879. The fourth-order valence-electron chi connectivity index (χ4n) is 0.784. The van der Waals surface area contributed by atoms with Gasteiger partial charge in [-0.25, -0.2) is 9.59 Å². The third-order valence-corrected chi connectivity index (χ3v) is 1.50. The lowest BCUT2D eigenvalue weighted by Crippen LogP contribution is -2.18. The zero-order valence-electron chi connectivity index (χ0n) is 9.27. The molecule has 0 saturated carbocycles. The minimum Gasteiger partial charge on any atom is -0.478 e. The molecule has 0 saturated heterocycles. The Labute approximate surface area is 94.0 Å². The molecule has 5 nitrogen and oxygen atoms in total. The van der Waals surface area contributed by atoms with Crippen molar-refractivity contribution in [1.82, 2.24) is 5.32 Å². The molecule has 0 unspecified atom stereocenters. The predicted octanol–water partition coefficient (Wildman–Crippen LogP) is 1.75. The van der Waals surface area contributed by atoms with Gasteiger partial charge in [-0.2, -0.15) is 0 Å². The number of amides is 1. The molecule has 0 aliphatic rings. The molecule has 0 atom stereocenters. The van der Waals surface area contributed by atoms with Gasteiger partial charge in [0.1, 0.15) is 0 Å². The smallest absolute Gasteiger partial charge is 0.406 e. The second-order valence-electron chi connectivity index (χ2n) is 2.64. The Bertz CT molecular complexity index is 324. The van der Waals surface area contributed by atoms with Gasteiger partial charge in [0.2, 0.25) is 0 Å². The lowest BCUT2D eigenvalue weighted by Gasteiger charge is -1.95. The summed E-state index contributed by atoms with van der Waals surface area (Å²) >= 11 is 0. The highest BCUT2D eigenvalue weighted by Gasteiger charge is 1.96. The first-order valence-electron chi connectivity index (χ1n) is 4.74. The van der Waals surface area contributed by atoms with Gasteiger partial charge in [-0.1, -0.05) is 18.2 Å². The van der Waals surface area contributed by atoms with Crippen molar-refractivity contribution in [2.75, 3.05) is 13.7 Å². The van der Waals surface area contributed by atoms with E-state index in [1.165, 1.54) is 7.05 Å². The van der Waals surface area contributed by atoms with E-state index >= 15 is 0 Å². The first kappa shape index (κ1) is 14.0. The van der Waals surface area contributed by atoms with E-state index in [-0.39, 0.29) is 6.09 Å².